The van der Waals surface area contributed by atoms with Gasteiger partial charge >= 0.3 is 10.8 Å². The van der Waals surface area contributed by atoms with E-state index in [1.54, 1.807) is 43.3 Å². The molecule has 2 aliphatic heterocycles. The van der Waals surface area contributed by atoms with Gasteiger partial charge in [-0.1, -0.05) is 41.3 Å². The van der Waals surface area contributed by atoms with E-state index in [4.69, 9.17) is 9.47 Å². The highest BCUT2D eigenvalue weighted by atomic mass is 32.2. The number of methoxy groups -OCH3 is 1. The number of anilines is 2. The van der Waals surface area contributed by atoms with Crippen LogP contribution in [0.5, 0.6) is 5.75 Å². The zero-order valence-electron chi connectivity index (χ0n) is 24.9. The van der Waals surface area contributed by atoms with Crippen LogP contribution in [0.2, 0.25) is 0 Å². The van der Waals surface area contributed by atoms with Crippen LogP contribution in [0.1, 0.15) is 33.6 Å². The Morgan fingerprint density at radius 3 is 2.34 bits per heavy atom. The Labute approximate surface area is 275 Å². The summed E-state index contributed by atoms with van der Waals surface area (Å²) < 4.78 is 11.9. The molecule has 1 aromatic heterocycles. The fraction of sp³-hybridized carbons (Fsp3) is 0.219. The lowest BCUT2D eigenvalue weighted by atomic mass is 9.82. The van der Waals surface area contributed by atoms with Crippen molar-refractivity contribution in [2.75, 3.05) is 23.9 Å². The van der Waals surface area contributed by atoms with Crippen LogP contribution in [0, 0.1) is 16.0 Å². The minimum atomic E-state index is -0.959. The Morgan fingerprint density at radius 2 is 1.68 bits per heavy atom. The van der Waals surface area contributed by atoms with Crippen molar-refractivity contribution in [3.8, 4) is 5.75 Å². The average Bonchev–Trinajstić information content (AvgIpc) is 3.51. The summed E-state index contributed by atoms with van der Waals surface area (Å²) in [7, 11) is 1.48. The highest BCUT2D eigenvalue weighted by Gasteiger charge is 2.57. The normalized spacial score (nSPS) is 18.3. The van der Waals surface area contributed by atoms with Gasteiger partial charge in [0.1, 0.15) is 17.5 Å². The molecule has 3 amide bonds. The van der Waals surface area contributed by atoms with Crippen molar-refractivity contribution in [2.24, 2.45) is 5.92 Å². The molecule has 6 rings (SSSR count). The number of thioether (sulfide) groups is 1. The smallest absolute Gasteiger partial charge is 0.338 e. The lowest BCUT2D eigenvalue weighted by Crippen LogP contribution is -2.33. The Bertz CT molecular complexity index is 1970. The number of benzene rings is 3. The molecule has 13 nitrogen and oxygen atoms in total. The Morgan fingerprint density at radius 1 is 0.979 bits per heavy atom. The number of rotatable bonds is 9. The summed E-state index contributed by atoms with van der Waals surface area (Å²) in [6.07, 6.45) is 0. The number of nitrogens with one attached hydrogen (secondary N) is 1. The maximum absolute atomic E-state index is 14.1. The molecule has 1 N–H and O–H groups in total. The maximum Gasteiger partial charge on any atom is 0.338 e. The molecule has 3 aromatic carbocycles. The number of nitrogens with zero attached hydrogens (tertiary/aromatic N) is 3. The first-order valence-corrected chi connectivity index (χ1v) is 16.0. The number of esters is 1. The number of hydrogen-bond acceptors (Lipinski definition) is 11. The molecule has 0 bridgehead atoms. The maximum atomic E-state index is 14.1. The standard InChI is InChI=1S/C32H26N4O9S2/c1-3-45-31(40)17-8-10-18(11-9-17)33-23(37)16-34-30-27(47-32(34)41)24(21-6-4-5-7-22(21)44-2)25-26(46-30)29(39)35(28(25)38)19-12-14-20(15-13-19)36(42)43/h4-15,24-26H,3,16H2,1-2H3,(H,33,37)/t24-,25-,26+/m0/s1. The highest BCUT2D eigenvalue weighted by Crippen LogP contribution is 2.55. The SMILES string of the molecule is CCOC(=O)c1ccc(NC(=O)Cn2c3c(sc2=O)[C@@H](c2ccccc2OC)[C@@H]2C(=O)N(c4ccc([N+](=O)[O-])cc4)C(=O)[C@@H]2S3)cc1. The van der Waals surface area contributed by atoms with Gasteiger partial charge in [0, 0.05) is 34.2 Å². The van der Waals surface area contributed by atoms with E-state index in [9.17, 15) is 34.1 Å². The van der Waals surface area contributed by atoms with Gasteiger partial charge in [0.15, 0.2) is 0 Å². The third kappa shape index (κ3) is 5.79. The Kier molecular flexibility index (Phi) is 8.66. The van der Waals surface area contributed by atoms with E-state index in [0.29, 0.717) is 32.5 Å². The van der Waals surface area contributed by atoms with Crippen LogP contribution in [-0.4, -0.2) is 52.1 Å². The zero-order chi connectivity index (χ0) is 33.4. The lowest BCUT2D eigenvalue weighted by Gasteiger charge is -2.31. The predicted molar refractivity (Wildman–Crippen MR) is 173 cm³/mol. The van der Waals surface area contributed by atoms with Crippen molar-refractivity contribution in [3.05, 3.63) is 109 Å². The van der Waals surface area contributed by atoms with Gasteiger partial charge in [-0.3, -0.25) is 33.9 Å². The van der Waals surface area contributed by atoms with Crippen LogP contribution >= 0.6 is 23.1 Å². The van der Waals surface area contributed by atoms with E-state index in [2.05, 4.69) is 5.32 Å². The summed E-state index contributed by atoms with van der Waals surface area (Å²) >= 11 is 1.94. The first-order valence-electron chi connectivity index (χ1n) is 14.3. The summed E-state index contributed by atoms with van der Waals surface area (Å²) in [6.45, 7) is 1.55. The lowest BCUT2D eigenvalue weighted by molar-refractivity contribution is -0.384. The first-order chi connectivity index (χ1) is 22.6. The number of thiazole rings is 1. The van der Waals surface area contributed by atoms with Gasteiger partial charge in [0.25, 0.3) is 5.69 Å². The van der Waals surface area contributed by atoms with E-state index < -0.39 is 50.6 Å². The number of non-ortho nitro benzene ring substituents is 1. The number of imide groups is 1. The van der Waals surface area contributed by atoms with E-state index in [0.717, 1.165) is 28.0 Å². The second kappa shape index (κ2) is 12.8. The van der Waals surface area contributed by atoms with Crippen LogP contribution in [0.15, 0.2) is 82.6 Å². The molecule has 3 atom stereocenters. The molecular weight excluding hydrogens is 649 g/mol. The molecule has 0 unspecified atom stereocenters. The van der Waals surface area contributed by atoms with Gasteiger partial charge in [-0.2, -0.15) is 0 Å². The van der Waals surface area contributed by atoms with E-state index in [1.165, 1.54) is 48.1 Å². The summed E-state index contributed by atoms with van der Waals surface area (Å²) in [5.41, 5.74) is 1.31. The van der Waals surface area contributed by atoms with Gasteiger partial charge in [-0.15, -0.1) is 0 Å². The number of carbonyl (C=O) groups is 4. The molecule has 15 heteroatoms. The van der Waals surface area contributed by atoms with E-state index >= 15 is 0 Å². The minimum Gasteiger partial charge on any atom is -0.496 e. The van der Waals surface area contributed by atoms with Crippen LogP contribution in [-0.2, 0) is 25.7 Å². The first kappa shape index (κ1) is 31.7. The number of fused-ring (bicyclic) bond motifs is 2. The molecule has 240 valence electrons. The minimum absolute atomic E-state index is 0.188. The van der Waals surface area contributed by atoms with Crippen molar-refractivity contribution in [2.45, 2.75) is 29.7 Å². The number of nitro groups is 1. The molecule has 0 saturated carbocycles. The molecule has 4 aromatic rings. The molecule has 0 radical (unpaired) electrons. The second-order valence-corrected chi connectivity index (χ2v) is 12.7. The third-order valence-corrected chi connectivity index (χ3v) is 10.4. The number of hydrogen-bond donors (Lipinski definition) is 1. The molecule has 0 spiro atoms. The van der Waals surface area contributed by atoms with Crippen LogP contribution in [0.3, 0.4) is 0 Å². The topological polar surface area (TPSA) is 167 Å². The van der Waals surface area contributed by atoms with Gasteiger partial charge < -0.3 is 14.8 Å². The number of para-hydroxylation sites is 1. The monoisotopic (exact) mass is 674 g/mol. The van der Waals surface area contributed by atoms with Crippen LogP contribution < -0.4 is 19.8 Å². The molecule has 3 heterocycles. The summed E-state index contributed by atoms with van der Waals surface area (Å²) in [4.78, 5) is 78.3. The molecule has 1 fully saturated rings. The fourth-order valence-electron chi connectivity index (χ4n) is 5.74. The zero-order valence-corrected chi connectivity index (χ0v) is 26.5. The van der Waals surface area contributed by atoms with Gasteiger partial charge in [0.2, 0.25) is 17.7 Å². The molecule has 0 aliphatic carbocycles. The number of aromatic nitrogens is 1. The number of nitro benzene ring substituents is 1. The summed E-state index contributed by atoms with van der Waals surface area (Å²) in [6, 6.07) is 18.3. The third-order valence-electron chi connectivity index (χ3n) is 7.82. The van der Waals surface area contributed by atoms with Crippen molar-refractivity contribution in [1.82, 2.24) is 4.57 Å². The van der Waals surface area contributed by atoms with E-state index in [-0.39, 0.29) is 24.5 Å². The molecule has 1 saturated heterocycles. The molecular formula is C32H26N4O9S2. The van der Waals surface area contributed by atoms with Crippen molar-refractivity contribution < 1.29 is 33.6 Å². The second-order valence-electron chi connectivity index (χ2n) is 10.5. The number of carbonyl (C=O) groups excluding carboxylic acids is 4. The predicted octanol–water partition coefficient (Wildman–Crippen LogP) is 4.44. The van der Waals surface area contributed by atoms with Gasteiger partial charge in [-0.25, -0.2) is 9.69 Å². The van der Waals surface area contributed by atoms with Crippen LogP contribution in [0.4, 0.5) is 17.1 Å². The number of amides is 3. The molecule has 2 aliphatic rings. The summed E-state index contributed by atoms with van der Waals surface area (Å²) in [5, 5.41) is 13.3. The van der Waals surface area contributed by atoms with E-state index in [1.807, 2.05) is 0 Å². The van der Waals surface area contributed by atoms with Gasteiger partial charge in [0.05, 0.1) is 40.8 Å². The molecule has 47 heavy (non-hydrogen) atoms. The average molecular weight is 675 g/mol. The van der Waals surface area contributed by atoms with Gasteiger partial charge in [-0.05, 0) is 49.4 Å². The van der Waals surface area contributed by atoms with Crippen molar-refractivity contribution >= 4 is 63.9 Å². The fourth-order valence-corrected chi connectivity index (χ4v) is 8.50. The quantitative estimate of drug-likeness (QED) is 0.116. The summed E-state index contributed by atoms with van der Waals surface area (Å²) in [5.74, 6) is -3.29. The van der Waals surface area contributed by atoms with Crippen molar-refractivity contribution in [3.63, 3.8) is 0 Å². The Hall–Kier alpha value is -5.28. The van der Waals surface area contributed by atoms with Crippen molar-refractivity contribution in [1.29, 1.82) is 0 Å². The van der Waals surface area contributed by atoms with Crippen LogP contribution in [0.25, 0.3) is 0 Å². The Balaban J connectivity index is 1.35. The number of ether oxygens (including phenoxy) is 2. The highest BCUT2D eigenvalue weighted by molar-refractivity contribution is 8.00. The largest absolute Gasteiger partial charge is 0.496 e.